The number of ether oxygens (including phenoxy) is 1. The molecule has 0 amide bonds. The van der Waals surface area contributed by atoms with E-state index < -0.39 is 45.5 Å². The van der Waals surface area contributed by atoms with Crippen molar-refractivity contribution in [1.29, 1.82) is 0 Å². The molecule has 4 nitrogen and oxygen atoms in total. The summed E-state index contributed by atoms with van der Waals surface area (Å²) in [6, 6.07) is 0.00517. The fourth-order valence-corrected chi connectivity index (χ4v) is 1.63. The Morgan fingerprint density at radius 3 is 2.26 bits per heavy atom. The Hall–Kier alpha value is -1.74. The molecule has 1 aromatic carbocycles. The minimum atomic E-state index is -1.79. The zero-order chi connectivity index (χ0) is 14.2. The Morgan fingerprint density at radius 2 is 1.68 bits per heavy atom. The molecular formula is C9HClF4N2O2S. The van der Waals surface area contributed by atoms with E-state index in [1.54, 1.807) is 0 Å². The van der Waals surface area contributed by atoms with Crippen molar-refractivity contribution in [1.82, 2.24) is 8.75 Å². The largest absolute Gasteiger partial charge is 0.429 e. The molecule has 19 heavy (non-hydrogen) atoms. The van der Waals surface area contributed by atoms with E-state index >= 15 is 0 Å². The quantitative estimate of drug-likeness (QED) is 0.632. The molecule has 1 aromatic heterocycles. The van der Waals surface area contributed by atoms with Crippen LogP contribution in [-0.4, -0.2) is 8.75 Å². The summed E-state index contributed by atoms with van der Waals surface area (Å²) < 4.78 is 63.5. The average molecular weight is 313 g/mol. The number of benzene rings is 1. The minimum absolute atomic E-state index is 0.00517. The third-order valence-electron chi connectivity index (χ3n) is 1.90. The Kier molecular flexibility index (Phi) is 3.67. The summed E-state index contributed by atoms with van der Waals surface area (Å²) in [5.41, 5.74) is -1.07. The van der Waals surface area contributed by atoms with Crippen LogP contribution in [-0.2, 0) is 0 Å². The Morgan fingerprint density at radius 1 is 1.11 bits per heavy atom. The summed E-state index contributed by atoms with van der Waals surface area (Å²) in [5, 5.41) is -0.548. The van der Waals surface area contributed by atoms with Gasteiger partial charge in [-0.25, -0.2) is 8.78 Å². The maximum absolute atomic E-state index is 13.3. The lowest BCUT2D eigenvalue weighted by Crippen LogP contribution is -2.10. The van der Waals surface area contributed by atoms with Gasteiger partial charge < -0.3 is 4.74 Å². The molecule has 0 unspecified atom stereocenters. The monoisotopic (exact) mass is 312 g/mol. The zero-order valence-corrected chi connectivity index (χ0v) is 10.2. The SMILES string of the molecule is O=c1c(Cl)nsnc1Oc1c(F)c(F)cc(F)c1F. The van der Waals surface area contributed by atoms with Crippen molar-refractivity contribution in [3.8, 4) is 11.6 Å². The first-order valence-electron chi connectivity index (χ1n) is 4.45. The van der Waals surface area contributed by atoms with E-state index in [-0.39, 0.29) is 6.07 Å². The highest BCUT2D eigenvalue weighted by atomic mass is 35.5. The van der Waals surface area contributed by atoms with Crippen LogP contribution in [0, 0.1) is 23.3 Å². The van der Waals surface area contributed by atoms with Gasteiger partial charge in [0, 0.05) is 6.07 Å². The molecule has 0 saturated carbocycles. The first kappa shape index (κ1) is 13.7. The van der Waals surface area contributed by atoms with Crippen molar-refractivity contribution >= 4 is 23.3 Å². The summed E-state index contributed by atoms with van der Waals surface area (Å²) in [4.78, 5) is 11.4. The maximum Gasteiger partial charge on any atom is 0.283 e. The Bertz CT molecular complexity index is 683. The molecular weight excluding hydrogens is 312 g/mol. The predicted molar refractivity (Wildman–Crippen MR) is 57.5 cm³/mol. The van der Waals surface area contributed by atoms with Crippen LogP contribution < -0.4 is 10.2 Å². The number of rotatable bonds is 2. The maximum atomic E-state index is 13.3. The first-order valence-corrected chi connectivity index (χ1v) is 5.56. The van der Waals surface area contributed by atoms with E-state index in [1.165, 1.54) is 0 Å². The van der Waals surface area contributed by atoms with E-state index in [9.17, 15) is 22.4 Å². The third-order valence-corrected chi connectivity index (χ3v) is 2.76. The third kappa shape index (κ3) is 2.51. The van der Waals surface area contributed by atoms with Gasteiger partial charge in [0.15, 0.2) is 16.8 Å². The van der Waals surface area contributed by atoms with Crippen LogP contribution in [0.25, 0.3) is 0 Å². The molecule has 1 heterocycles. The molecule has 0 aliphatic carbocycles. The van der Waals surface area contributed by atoms with Gasteiger partial charge >= 0.3 is 0 Å². The van der Waals surface area contributed by atoms with E-state index in [1.807, 2.05) is 0 Å². The van der Waals surface area contributed by atoms with Gasteiger partial charge in [0.05, 0.1) is 11.7 Å². The molecule has 10 heteroatoms. The molecule has 0 bridgehead atoms. The van der Waals surface area contributed by atoms with Crippen LogP contribution in [0.5, 0.6) is 11.6 Å². The molecule has 0 N–H and O–H groups in total. The van der Waals surface area contributed by atoms with Gasteiger partial charge in [-0.05, 0) is 0 Å². The van der Waals surface area contributed by atoms with Gasteiger partial charge in [0.1, 0.15) is 0 Å². The number of halogens is 5. The van der Waals surface area contributed by atoms with Gasteiger partial charge in [0.2, 0.25) is 17.4 Å². The second-order valence-electron chi connectivity index (χ2n) is 3.09. The lowest BCUT2D eigenvalue weighted by atomic mass is 10.3. The standard InChI is InChI=1S/C9HClF4N2O2S/c10-8-6(17)9(16-19-15-8)18-7-4(13)2(11)1-3(12)5(7)14/h1H. The van der Waals surface area contributed by atoms with Crippen LogP contribution >= 0.6 is 23.3 Å². The van der Waals surface area contributed by atoms with Crippen molar-refractivity contribution in [3.05, 3.63) is 44.7 Å². The lowest BCUT2D eigenvalue weighted by molar-refractivity contribution is 0.358. The van der Waals surface area contributed by atoms with E-state index in [4.69, 9.17) is 11.6 Å². The minimum Gasteiger partial charge on any atom is -0.429 e. The highest BCUT2D eigenvalue weighted by Gasteiger charge is 2.23. The van der Waals surface area contributed by atoms with Crippen molar-refractivity contribution in [2.24, 2.45) is 0 Å². The fraction of sp³-hybridized carbons (Fsp3) is 0. The summed E-state index contributed by atoms with van der Waals surface area (Å²) >= 11 is 5.77. The number of hydrogen-bond donors (Lipinski definition) is 0. The number of nitrogens with zero attached hydrogens (tertiary/aromatic N) is 2. The Labute approximate surface area is 111 Å². The summed E-state index contributed by atoms with van der Waals surface area (Å²) in [6.45, 7) is 0. The second-order valence-corrected chi connectivity index (χ2v) is 3.98. The topological polar surface area (TPSA) is 52.1 Å². The van der Waals surface area contributed by atoms with Gasteiger partial charge in [-0.3, -0.25) is 4.79 Å². The highest BCUT2D eigenvalue weighted by molar-refractivity contribution is 6.99. The molecule has 2 rings (SSSR count). The van der Waals surface area contributed by atoms with E-state index in [0.29, 0.717) is 11.7 Å². The second kappa shape index (κ2) is 5.10. The van der Waals surface area contributed by atoms with Crippen LogP contribution in [0.4, 0.5) is 17.6 Å². The zero-order valence-electron chi connectivity index (χ0n) is 8.59. The molecule has 0 aliphatic heterocycles. The van der Waals surface area contributed by atoms with Gasteiger partial charge in [-0.15, -0.1) is 4.37 Å². The molecule has 0 atom stereocenters. The predicted octanol–water partition coefficient (Wildman–Crippen LogP) is 2.90. The molecule has 0 radical (unpaired) electrons. The van der Waals surface area contributed by atoms with Crippen molar-refractivity contribution in [3.63, 3.8) is 0 Å². The van der Waals surface area contributed by atoms with Crippen LogP contribution in [0.15, 0.2) is 10.9 Å². The van der Waals surface area contributed by atoms with Crippen LogP contribution in [0.3, 0.4) is 0 Å². The lowest BCUT2D eigenvalue weighted by Gasteiger charge is -2.06. The molecule has 2 aromatic rings. The average Bonchev–Trinajstić information content (AvgIpc) is 2.37. The molecule has 0 aliphatic rings. The molecule has 0 spiro atoms. The van der Waals surface area contributed by atoms with Crippen LogP contribution in [0.1, 0.15) is 0 Å². The number of aromatic nitrogens is 2. The molecule has 100 valence electrons. The van der Waals surface area contributed by atoms with E-state index in [2.05, 4.69) is 13.5 Å². The summed E-state index contributed by atoms with van der Waals surface area (Å²) in [7, 11) is 0. The Balaban J connectivity index is 2.56. The highest BCUT2D eigenvalue weighted by Crippen LogP contribution is 2.29. The molecule has 0 fully saturated rings. The van der Waals surface area contributed by atoms with Gasteiger partial charge in [-0.2, -0.15) is 13.2 Å². The number of hydrogen-bond acceptors (Lipinski definition) is 5. The fourth-order valence-electron chi connectivity index (χ4n) is 1.07. The van der Waals surface area contributed by atoms with Crippen molar-refractivity contribution in [2.75, 3.05) is 0 Å². The van der Waals surface area contributed by atoms with E-state index in [0.717, 1.165) is 0 Å². The summed E-state index contributed by atoms with van der Waals surface area (Å²) in [6.07, 6.45) is 0. The smallest absolute Gasteiger partial charge is 0.283 e. The van der Waals surface area contributed by atoms with Gasteiger partial charge in [0.25, 0.3) is 11.3 Å². The van der Waals surface area contributed by atoms with Crippen molar-refractivity contribution in [2.45, 2.75) is 0 Å². The first-order chi connectivity index (χ1) is 8.91. The van der Waals surface area contributed by atoms with Crippen molar-refractivity contribution < 1.29 is 22.3 Å². The molecule has 0 saturated heterocycles. The van der Waals surface area contributed by atoms with Crippen LogP contribution in [0.2, 0.25) is 5.15 Å². The van der Waals surface area contributed by atoms with Gasteiger partial charge in [-0.1, -0.05) is 11.6 Å². The normalized spacial score (nSPS) is 10.6. The summed E-state index contributed by atoms with van der Waals surface area (Å²) in [5.74, 6) is -9.20.